The standard InChI is InChI=1S/C20H26O6/c21-8-7-17-15-16(5-6-19(17)25-12-10-23)18-3-1-2-4-20(18)26-14-13-24-11-9-22/h1-6,15,21-23H,7-14H2. The van der Waals surface area contributed by atoms with E-state index in [4.69, 9.17) is 24.4 Å². The first-order valence-corrected chi connectivity index (χ1v) is 8.68. The van der Waals surface area contributed by atoms with E-state index in [1.54, 1.807) is 0 Å². The molecule has 0 atom stereocenters. The van der Waals surface area contributed by atoms with Crippen molar-refractivity contribution in [2.75, 3.05) is 46.2 Å². The minimum Gasteiger partial charge on any atom is -0.491 e. The predicted molar refractivity (Wildman–Crippen MR) is 98.6 cm³/mol. The molecular weight excluding hydrogens is 336 g/mol. The van der Waals surface area contributed by atoms with Crippen molar-refractivity contribution in [2.45, 2.75) is 6.42 Å². The van der Waals surface area contributed by atoms with Gasteiger partial charge in [0.2, 0.25) is 0 Å². The van der Waals surface area contributed by atoms with Crippen molar-refractivity contribution in [1.29, 1.82) is 0 Å². The highest BCUT2D eigenvalue weighted by atomic mass is 16.5. The van der Waals surface area contributed by atoms with E-state index in [1.807, 2.05) is 42.5 Å². The Morgan fingerprint density at radius 3 is 2.23 bits per heavy atom. The molecule has 0 heterocycles. The fourth-order valence-corrected chi connectivity index (χ4v) is 2.57. The van der Waals surface area contributed by atoms with Gasteiger partial charge in [0.25, 0.3) is 0 Å². The van der Waals surface area contributed by atoms with Crippen LogP contribution in [-0.2, 0) is 11.2 Å². The molecule has 6 heteroatoms. The maximum atomic E-state index is 9.31. The van der Waals surface area contributed by atoms with Crippen LogP contribution in [0.1, 0.15) is 5.56 Å². The van der Waals surface area contributed by atoms with E-state index in [2.05, 4.69) is 0 Å². The van der Waals surface area contributed by atoms with Crippen molar-refractivity contribution in [3.05, 3.63) is 48.0 Å². The molecule has 0 fully saturated rings. The number of benzene rings is 2. The van der Waals surface area contributed by atoms with Crippen LogP contribution >= 0.6 is 0 Å². The molecule has 2 aromatic rings. The maximum absolute atomic E-state index is 9.31. The van der Waals surface area contributed by atoms with Gasteiger partial charge in [-0.1, -0.05) is 24.3 Å². The van der Waals surface area contributed by atoms with Gasteiger partial charge in [-0.05, 0) is 35.7 Å². The second kappa shape index (κ2) is 11.5. The molecule has 0 aliphatic heterocycles. The van der Waals surface area contributed by atoms with Crippen LogP contribution in [0.4, 0.5) is 0 Å². The fraction of sp³-hybridized carbons (Fsp3) is 0.400. The topological polar surface area (TPSA) is 88.4 Å². The van der Waals surface area contributed by atoms with Crippen LogP contribution in [0.5, 0.6) is 11.5 Å². The Morgan fingerprint density at radius 1 is 0.692 bits per heavy atom. The molecule has 2 aromatic carbocycles. The normalized spacial score (nSPS) is 10.7. The van der Waals surface area contributed by atoms with Gasteiger partial charge in [0, 0.05) is 12.2 Å². The largest absolute Gasteiger partial charge is 0.491 e. The van der Waals surface area contributed by atoms with Crippen LogP contribution in [0.2, 0.25) is 0 Å². The van der Waals surface area contributed by atoms with E-state index >= 15 is 0 Å². The first-order valence-electron chi connectivity index (χ1n) is 8.68. The minimum absolute atomic E-state index is 0.00504. The van der Waals surface area contributed by atoms with E-state index in [-0.39, 0.29) is 26.4 Å². The van der Waals surface area contributed by atoms with Crippen LogP contribution in [0.25, 0.3) is 11.1 Å². The zero-order valence-electron chi connectivity index (χ0n) is 14.8. The molecule has 6 nitrogen and oxygen atoms in total. The molecule has 0 radical (unpaired) electrons. The first-order chi connectivity index (χ1) is 12.8. The van der Waals surface area contributed by atoms with Crippen molar-refractivity contribution < 1.29 is 29.5 Å². The lowest BCUT2D eigenvalue weighted by atomic mass is 10.00. The molecule has 0 aliphatic carbocycles. The summed E-state index contributed by atoms with van der Waals surface area (Å²) < 4.78 is 16.6. The van der Waals surface area contributed by atoms with Crippen molar-refractivity contribution in [1.82, 2.24) is 0 Å². The van der Waals surface area contributed by atoms with Gasteiger partial charge in [0.15, 0.2) is 0 Å². The van der Waals surface area contributed by atoms with Gasteiger partial charge in [-0.15, -0.1) is 0 Å². The number of hydrogen-bond donors (Lipinski definition) is 3. The van der Waals surface area contributed by atoms with Gasteiger partial charge in [0.1, 0.15) is 24.7 Å². The molecule has 0 aliphatic rings. The second-order valence-electron chi connectivity index (χ2n) is 5.55. The zero-order valence-corrected chi connectivity index (χ0v) is 14.8. The van der Waals surface area contributed by atoms with E-state index in [9.17, 15) is 5.11 Å². The minimum atomic E-state index is -0.0602. The summed E-state index contributed by atoms with van der Waals surface area (Å²) in [6, 6.07) is 13.4. The molecule has 26 heavy (non-hydrogen) atoms. The highest BCUT2D eigenvalue weighted by Crippen LogP contribution is 2.33. The van der Waals surface area contributed by atoms with Gasteiger partial charge in [-0.2, -0.15) is 0 Å². The Balaban J connectivity index is 2.17. The van der Waals surface area contributed by atoms with Crippen molar-refractivity contribution >= 4 is 0 Å². The Bertz CT molecular complexity index is 658. The SMILES string of the molecule is OCCOCCOc1ccccc1-c1ccc(OCCO)c(CCO)c1. The summed E-state index contributed by atoms with van der Waals surface area (Å²) in [4.78, 5) is 0. The Labute approximate surface area is 153 Å². The molecule has 0 bridgehead atoms. The lowest BCUT2D eigenvalue weighted by molar-refractivity contribution is 0.0706. The molecule has 2 rings (SSSR count). The number of para-hydroxylation sites is 1. The maximum Gasteiger partial charge on any atom is 0.127 e. The van der Waals surface area contributed by atoms with E-state index in [0.29, 0.717) is 32.0 Å². The lowest BCUT2D eigenvalue weighted by Gasteiger charge is -2.15. The monoisotopic (exact) mass is 362 g/mol. The molecule has 0 unspecified atom stereocenters. The molecule has 142 valence electrons. The number of aliphatic hydroxyl groups excluding tert-OH is 3. The smallest absolute Gasteiger partial charge is 0.127 e. The molecule has 3 N–H and O–H groups in total. The quantitative estimate of drug-likeness (QED) is 0.498. The van der Waals surface area contributed by atoms with Crippen molar-refractivity contribution in [3.63, 3.8) is 0 Å². The van der Waals surface area contributed by atoms with E-state index < -0.39 is 0 Å². The van der Waals surface area contributed by atoms with Gasteiger partial charge in [-0.3, -0.25) is 0 Å². The summed E-state index contributed by atoms with van der Waals surface area (Å²) >= 11 is 0. The third-order valence-corrected chi connectivity index (χ3v) is 3.71. The fourth-order valence-electron chi connectivity index (χ4n) is 2.57. The number of aliphatic hydroxyl groups is 3. The number of ether oxygens (including phenoxy) is 3. The summed E-state index contributed by atoms with van der Waals surface area (Å²) in [6.45, 7) is 1.25. The average Bonchev–Trinajstić information content (AvgIpc) is 2.67. The van der Waals surface area contributed by atoms with Gasteiger partial charge >= 0.3 is 0 Å². The predicted octanol–water partition coefficient (Wildman–Crippen LogP) is 1.65. The van der Waals surface area contributed by atoms with E-state index in [0.717, 1.165) is 22.4 Å². The van der Waals surface area contributed by atoms with Crippen LogP contribution in [-0.4, -0.2) is 61.6 Å². The van der Waals surface area contributed by atoms with Gasteiger partial charge in [-0.25, -0.2) is 0 Å². The van der Waals surface area contributed by atoms with Gasteiger partial charge < -0.3 is 29.5 Å². The third kappa shape index (κ3) is 6.00. The third-order valence-electron chi connectivity index (χ3n) is 3.71. The molecule has 0 spiro atoms. The molecule has 0 aromatic heterocycles. The van der Waals surface area contributed by atoms with Crippen LogP contribution in [0, 0.1) is 0 Å². The summed E-state index contributed by atoms with van der Waals surface area (Å²) in [5.74, 6) is 1.40. The van der Waals surface area contributed by atoms with E-state index in [1.165, 1.54) is 0 Å². The molecule has 0 saturated heterocycles. The average molecular weight is 362 g/mol. The highest BCUT2D eigenvalue weighted by molar-refractivity contribution is 5.72. The highest BCUT2D eigenvalue weighted by Gasteiger charge is 2.10. The summed E-state index contributed by atoms with van der Waals surface area (Å²) in [5, 5.41) is 27.0. The second-order valence-corrected chi connectivity index (χ2v) is 5.55. The molecule has 0 amide bonds. The van der Waals surface area contributed by atoms with Gasteiger partial charge in [0.05, 0.1) is 26.4 Å². The molecule has 0 saturated carbocycles. The van der Waals surface area contributed by atoms with Crippen molar-refractivity contribution in [3.8, 4) is 22.6 Å². The molecular formula is C20H26O6. The number of hydrogen-bond acceptors (Lipinski definition) is 6. The Morgan fingerprint density at radius 2 is 1.46 bits per heavy atom. The van der Waals surface area contributed by atoms with Crippen molar-refractivity contribution in [2.24, 2.45) is 0 Å². The lowest BCUT2D eigenvalue weighted by Crippen LogP contribution is -2.09. The Hall–Kier alpha value is -2.12. The summed E-state index contributed by atoms with van der Waals surface area (Å²) in [7, 11) is 0. The first kappa shape index (κ1) is 20.2. The Kier molecular flexibility index (Phi) is 8.92. The number of rotatable bonds is 12. The summed E-state index contributed by atoms with van der Waals surface area (Å²) in [5.41, 5.74) is 2.76. The van der Waals surface area contributed by atoms with Crippen LogP contribution in [0.15, 0.2) is 42.5 Å². The van der Waals surface area contributed by atoms with Crippen LogP contribution < -0.4 is 9.47 Å². The zero-order chi connectivity index (χ0) is 18.6. The van der Waals surface area contributed by atoms with Crippen LogP contribution in [0.3, 0.4) is 0 Å². The summed E-state index contributed by atoms with van der Waals surface area (Å²) in [6.07, 6.45) is 0.465.